The maximum atomic E-state index is 12.6. The molecule has 4 nitrogen and oxygen atoms in total. The second-order valence-corrected chi connectivity index (χ2v) is 10.0. The third-order valence-electron chi connectivity index (χ3n) is 4.60. The fourth-order valence-corrected chi connectivity index (χ4v) is 3.37. The topological polar surface area (TPSA) is 61.4 Å². The number of hydrogen-bond donors (Lipinski definition) is 3. The van der Waals surface area contributed by atoms with Crippen LogP contribution in [0.2, 0.25) is 0 Å². The van der Waals surface area contributed by atoms with Crippen LogP contribution in [0.5, 0.6) is 0 Å². The Morgan fingerprint density at radius 2 is 1.70 bits per heavy atom. The fraction of sp³-hybridized carbons (Fsp3) is 0.483. The van der Waals surface area contributed by atoms with Gasteiger partial charge in [0.2, 0.25) is 0 Å². The standard InChI is InChI=1S/C27H36N2O2.C2H6/c1-19(28-26(2,3)4)23-14-10-8-12-20(23)16-17-22(30)18-21-13-9-11-15-24(21)25(31)29-27(5,6)7;1-2/h8-9,11-13,15,22,28,30H,1,10,14,18H2,2-7H3,(H,29,31);1-2H3. The van der Waals surface area contributed by atoms with E-state index in [1.807, 2.05) is 58.9 Å². The Bertz CT molecular complexity index is 944. The Hall–Kier alpha value is -2.77. The Morgan fingerprint density at radius 3 is 2.30 bits per heavy atom. The molecule has 0 fully saturated rings. The first-order valence-corrected chi connectivity index (χ1v) is 11.8. The minimum Gasteiger partial charge on any atom is -0.381 e. The number of nitrogens with one attached hydrogen (secondary N) is 2. The van der Waals surface area contributed by atoms with E-state index in [4.69, 9.17) is 0 Å². The molecule has 0 saturated heterocycles. The molecule has 0 heterocycles. The van der Waals surface area contributed by atoms with Crippen molar-refractivity contribution >= 4 is 5.91 Å². The van der Waals surface area contributed by atoms with Gasteiger partial charge in [-0.3, -0.25) is 4.79 Å². The van der Waals surface area contributed by atoms with Gasteiger partial charge in [0.15, 0.2) is 0 Å². The summed E-state index contributed by atoms with van der Waals surface area (Å²) in [5, 5.41) is 17.0. The number of aliphatic hydroxyl groups excluding tert-OH is 1. The molecule has 1 aromatic carbocycles. The number of hydrogen-bond acceptors (Lipinski definition) is 3. The van der Waals surface area contributed by atoms with E-state index in [-0.39, 0.29) is 23.4 Å². The zero-order chi connectivity index (χ0) is 25.2. The highest BCUT2D eigenvalue weighted by atomic mass is 16.3. The predicted molar refractivity (Wildman–Crippen MR) is 140 cm³/mol. The number of carbonyl (C=O) groups is 1. The van der Waals surface area contributed by atoms with Crippen LogP contribution in [0.25, 0.3) is 0 Å². The molecule has 1 atom stereocenters. The average Bonchev–Trinajstić information content (AvgIpc) is 2.72. The number of benzene rings is 1. The number of amides is 1. The molecule has 33 heavy (non-hydrogen) atoms. The highest BCUT2D eigenvalue weighted by Gasteiger charge is 2.19. The summed E-state index contributed by atoms with van der Waals surface area (Å²) in [4.78, 5) is 12.6. The molecule has 4 heteroatoms. The van der Waals surface area contributed by atoms with E-state index in [9.17, 15) is 9.90 Å². The highest BCUT2D eigenvalue weighted by Crippen LogP contribution is 2.24. The van der Waals surface area contributed by atoms with Gasteiger partial charge in [0.05, 0.1) is 0 Å². The lowest BCUT2D eigenvalue weighted by Crippen LogP contribution is -2.41. The summed E-state index contributed by atoms with van der Waals surface area (Å²) < 4.78 is 0. The predicted octanol–water partition coefficient (Wildman–Crippen LogP) is 5.70. The first-order valence-electron chi connectivity index (χ1n) is 11.8. The Kier molecular flexibility index (Phi) is 10.7. The summed E-state index contributed by atoms with van der Waals surface area (Å²) >= 11 is 0. The second-order valence-electron chi connectivity index (χ2n) is 10.0. The molecular weight excluding hydrogens is 408 g/mol. The Labute approximate surface area is 201 Å². The number of aliphatic hydroxyl groups is 1. The van der Waals surface area contributed by atoms with Crippen LogP contribution >= 0.6 is 0 Å². The van der Waals surface area contributed by atoms with Crippen molar-refractivity contribution in [3.8, 4) is 11.8 Å². The molecular formula is C29H42N2O2. The van der Waals surface area contributed by atoms with Crippen LogP contribution in [0.3, 0.4) is 0 Å². The normalized spacial score (nSPS) is 14.3. The first-order chi connectivity index (χ1) is 15.4. The van der Waals surface area contributed by atoms with E-state index < -0.39 is 6.10 Å². The van der Waals surface area contributed by atoms with Crippen molar-refractivity contribution < 1.29 is 9.90 Å². The summed E-state index contributed by atoms with van der Waals surface area (Å²) in [5.41, 5.74) is 3.77. The van der Waals surface area contributed by atoms with Crippen LogP contribution in [0.15, 0.2) is 59.8 Å². The van der Waals surface area contributed by atoms with Gasteiger partial charge in [-0.25, -0.2) is 0 Å². The fourth-order valence-electron chi connectivity index (χ4n) is 3.37. The van der Waals surface area contributed by atoms with E-state index >= 15 is 0 Å². The van der Waals surface area contributed by atoms with Gasteiger partial charge in [-0.15, -0.1) is 0 Å². The summed E-state index contributed by atoms with van der Waals surface area (Å²) in [6, 6.07) is 7.35. The lowest BCUT2D eigenvalue weighted by molar-refractivity contribution is 0.0918. The largest absolute Gasteiger partial charge is 0.381 e. The van der Waals surface area contributed by atoms with Gasteiger partial charge in [-0.1, -0.05) is 62.6 Å². The van der Waals surface area contributed by atoms with Gasteiger partial charge in [-0.05, 0) is 71.6 Å². The van der Waals surface area contributed by atoms with Crippen molar-refractivity contribution in [3.63, 3.8) is 0 Å². The van der Waals surface area contributed by atoms with Crippen molar-refractivity contribution in [2.75, 3.05) is 0 Å². The molecule has 180 valence electrons. The molecule has 0 radical (unpaired) electrons. The minimum atomic E-state index is -0.878. The lowest BCUT2D eigenvalue weighted by atomic mass is 9.94. The molecule has 0 saturated carbocycles. The number of allylic oxidation sites excluding steroid dienone is 4. The molecule has 1 aromatic rings. The van der Waals surface area contributed by atoms with Crippen LogP contribution in [0, 0.1) is 11.8 Å². The molecule has 0 bridgehead atoms. The van der Waals surface area contributed by atoms with Crippen molar-refractivity contribution in [1.29, 1.82) is 0 Å². The van der Waals surface area contributed by atoms with E-state index in [0.29, 0.717) is 5.56 Å². The smallest absolute Gasteiger partial charge is 0.251 e. The molecule has 1 amide bonds. The Morgan fingerprint density at radius 1 is 1.09 bits per heavy atom. The summed E-state index contributed by atoms with van der Waals surface area (Å²) in [6.45, 7) is 20.3. The van der Waals surface area contributed by atoms with Gasteiger partial charge < -0.3 is 15.7 Å². The monoisotopic (exact) mass is 450 g/mol. The number of rotatable bonds is 5. The van der Waals surface area contributed by atoms with Gasteiger partial charge in [0.1, 0.15) is 6.10 Å². The summed E-state index contributed by atoms with van der Waals surface area (Å²) in [6.07, 6.45) is 5.32. The molecule has 1 unspecified atom stereocenters. The number of carbonyl (C=O) groups excluding carboxylic acids is 1. The zero-order valence-electron chi connectivity index (χ0n) is 21.7. The molecule has 3 N–H and O–H groups in total. The van der Waals surface area contributed by atoms with Gasteiger partial charge in [0.25, 0.3) is 5.91 Å². The van der Waals surface area contributed by atoms with Crippen LogP contribution in [-0.4, -0.2) is 28.2 Å². The van der Waals surface area contributed by atoms with Crippen LogP contribution in [0.1, 0.15) is 84.2 Å². The SMILES string of the molecule is C=C(NC(C)(C)C)C1=C(C#CC(O)Cc2ccccc2C(=O)NC(C)(C)C)C=CCC1.CC. The minimum absolute atomic E-state index is 0.0827. The third-order valence-corrected chi connectivity index (χ3v) is 4.60. The first kappa shape index (κ1) is 28.3. The van der Waals surface area contributed by atoms with E-state index in [1.165, 1.54) is 0 Å². The van der Waals surface area contributed by atoms with Crippen LogP contribution < -0.4 is 10.6 Å². The van der Waals surface area contributed by atoms with E-state index in [1.54, 1.807) is 6.07 Å². The average molecular weight is 451 g/mol. The molecule has 0 spiro atoms. The van der Waals surface area contributed by atoms with Crippen molar-refractivity contribution in [3.05, 3.63) is 71.0 Å². The molecule has 0 aromatic heterocycles. The maximum absolute atomic E-state index is 12.6. The van der Waals surface area contributed by atoms with E-state index in [2.05, 4.69) is 55.9 Å². The zero-order valence-corrected chi connectivity index (χ0v) is 21.7. The Balaban J connectivity index is 0.00000265. The molecule has 0 aliphatic heterocycles. The van der Waals surface area contributed by atoms with Crippen LogP contribution in [0.4, 0.5) is 0 Å². The maximum Gasteiger partial charge on any atom is 0.251 e. The second kappa shape index (κ2) is 12.5. The quantitative estimate of drug-likeness (QED) is 0.505. The lowest BCUT2D eigenvalue weighted by Gasteiger charge is -2.26. The van der Waals surface area contributed by atoms with Crippen molar-refractivity contribution in [2.24, 2.45) is 0 Å². The molecule has 1 aliphatic rings. The van der Waals surface area contributed by atoms with Crippen LogP contribution in [-0.2, 0) is 6.42 Å². The van der Waals surface area contributed by atoms with Gasteiger partial charge in [0, 0.05) is 34.3 Å². The molecule has 1 aliphatic carbocycles. The van der Waals surface area contributed by atoms with Gasteiger partial charge >= 0.3 is 0 Å². The van der Waals surface area contributed by atoms with E-state index in [0.717, 1.165) is 35.2 Å². The van der Waals surface area contributed by atoms with Crippen molar-refractivity contribution in [2.45, 2.75) is 91.8 Å². The van der Waals surface area contributed by atoms with Gasteiger partial charge in [-0.2, -0.15) is 0 Å². The summed E-state index contributed by atoms with van der Waals surface area (Å²) in [7, 11) is 0. The third kappa shape index (κ3) is 10.1. The van der Waals surface area contributed by atoms with Crippen molar-refractivity contribution in [1.82, 2.24) is 10.6 Å². The molecule has 2 rings (SSSR count). The highest BCUT2D eigenvalue weighted by molar-refractivity contribution is 5.96. The summed E-state index contributed by atoms with van der Waals surface area (Å²) in [5.74, 6) is 5.95.